The van der Waals surface area contributed by atoms with Gasteiger partial charge in [-0.2, -0.15) is 5.10 Å². The van der Waals surface area contributed by atoms with Gasteiger partial charge in [-0.3, -0.25) is 4.68 Å². The molecule has 0 aromatic carbocycles. The van der Waals surface area contributed by atoms with E-state index >= 15 is 0 Å². The van der Waals surface area contributed by atoms with E-state index < -0.39 is 5.60 Å². The molecule has 0 aliphatic heterocycles. The molecule has 0 radical (unpaired) electrons. The summed E-state index contributed by atoms with van der Waals surface area (Å²) in [5.74, 6) is 1.29. The fourth-order valence-corrected chi connectivity index (χ4v) is 2.93. The van der Waals surface area contributed by atoms with Crippen LogP contribution in [0.4, 0.5) is 0 Å². The van der Waals surface area contributed by atoms with Gasteiger partial charge in [0.2, 0.25) is 0 Å². The van der Waals surface area contributed by atoms with Crippen LogP contribution in [0.25, 0.3) is 0 Å². The summed E-state index contributed by atoms with van der Waals surface area (Å²) in [5.41, 5.74) is 0.316. The number of hydrogen-bond donors (Lipinski definition) is 1. The Morgan fingerprint density at radius 3 is 2.88 bits per heavy atom. The van der Waals surface area contributed by atoms with Gasteiger partial charge < -0.3 is 5.11 Å². The highest BCUT2D eigenvalue weighted by Crippen LogP contribution is 2.42. The first-order valence-electron chi connectivity index (χ1n) is 6.24. The van der Waals surface area contributed by atoms with Crippen molar-refractivity contribution in [3.05, 3.63) is 18.0 Å². The number of aryl methyl sites for hydroxylation is 1. The molecule has 16 heavy (non-hydrogen) atoms. The maximum absolute atomic E-state index is 10.8. The Balaban J connectivity index is 2.22. The van der Waals surface area contributed by atoms with E-state index in [0.717, 1.165) is 25.0 Å². The summed E-state index contributed by atoms with van der Waals surface area (Å²) >= 11 is 0. The largest absolute Gasteiger partial charge is 0.384 e. The number of rotatable bonds is 2. The van der Waals surface area contributed by atoms with Crippen LogP contribution >= 0.6 is 0 Å². The Hall–Kier alpha value is -0.830. The molecule has 1 aliphatic carbocycles. The molecule has 3 heteroatoms. The first-order chi connectivity index (χ1) is 7.53. The minimum Gasteiger partial charge on any atom is -0.384 e. The average molecular weight is 222 g/mol. The SMILES string of the molecule is CC(C)C1CCCC(O)(c2ccnn2C)C1. The van der Waals surface area contributed by atoms with E-state index in [4.69, 9.17) is 0 Å². The molecule has 0 saturated heterocycles. The number of nitrogens with zero attached hydrogens (tertiary/aromatic N) is 2. The summed E-state index contributed by atoms with van der Waals surface area (Å²) in [4.78, 5) is 0. The van der Waals surface area contributed by atoms with Crippen molar-refractivity contribution in [2.24, 2.45) is 18.9 Å². The predicted octanol–water partition coefficient (Wildman–Crippen LogP) is 2.45. The molecular weight excluding hydrogens is 200 g/mol. The summed E-state index contributed by atoms with van der Waals surface area (Å²) in [6.45, 7) is 4.50. The number of aliphatic hydroxyl groups is 1. The minimum absolute atomic E-state index is 0.633. The van der Waals surface area contributed by atoms with E-state index in [0.29, 0.717) is 11.8 Å². The van der Waals surface area contributed by atoms with Crippen molar-refractivity contribution in [2.75, 3.05) is 0 Å². The lowest BCUT2D eigenvalue weighted by Crippen LogP contribution is -2.36. The van der Waals surface area contributed by atoms with Crippen LogP contribution < -0.4 is 0 Å². The standard InChI is InChI=1S/C13H22N2O/c1-10(2)11-5-4-7-13(16,9-11)12-6-8-14-15(12)3/h6,8,10-11,16H,4-5,7,9H2,1-3H3. The molecule has 1 aliphatic rings. The summed E-state index contributed by atoms with van der Waals surface area (Å²) in [7, 11) is 1.91. The molecular formula is C13H22N2O. The zero-order valence-corrected chi connectivity index (χ0v) is 10.5. The van der Waals surface area contributed by atoms with E-state index in [9.17, 15) is 5.11 Å². The minimum atomic E-state index is -0.654. The molecule has 1 heterocycles. The number of hydrogen-bond acceptors (Lipinski definition) is 2. The van der Waals surface area contributed by atoms with E-state index in [1.54, 1.807) is 6.20 Å². The first-order valence-corrected chi connectivity index (χ1v) is 6.24. The molecule has 2 atom stereocenters. The molecule has 90 valence electrons. The summed E-state index contributed by atoms with van der Waals surface area (Å²) in [5, 5.41) is 14.9. The molecule has 2 rings (SSSR count). The van der Waals surface area contributed by atoms with E-state index in [2.05, 4.69) is 18.9 Å². The topological polar surface area (TPSA) is 38.1 Å². The second kappa shape index (κ2) is 4.21. The van der Waals surface area contributed by atoms with Crippen molar-refractivity contribution < 1.29 is 5.11 Å². The van der Waals surface area contributed by atoms with Crippen molar-refractivity contribution in [1.82, 2.24) is 9.78 Å². The van der Waals surface area contributed by atoms with Crippen molar-refractivity contribution >= 4 is 0 Å². The van der Waals surface area contributed by atoms with Crippen LogP contribution in [-0.4, -0.2) is 14.9 Å². The van der Waals surface area contributed by atoms with Crippen molar-refractivity contribution in [3.8, 4) is 0 Å². The second-order valence-electron chi connectivity index (χ2n) is 5.47. The van der Waals surface area contributed by atoms with Crippen LogP contribution in [0.1, 0.15) is 45.2 Å². The van der Waals surface area contributed by atoms with Crippen molar-refractivity contribution in [3.63, 3.8) is 0 Å². The molecule has 0 bridgehead atoms. The summed E-state index contributed by atoms with van der Waals surface area (Å²) in [6, 6.07) is 1.95. The third-order valence-electron chi connectivity index (χ3n) is 4.01. The fourth-order valence-electron chi connectivity index (χ4n) is 2.93. The molecule has 1 aromatic heterocycles. The van der Waals surface area contributed by atoms with Gasteiger partial charge in [-0.25, -0.2) is 0 Å². The molecule has 1 fully saturated rings. The van der Waals surface area contributed by atoms with Crippen LogP contribution in [-0.2, 0) is 12.6 Å². The molecule has 0 spiro atoms. The van der Waals surface area contributed by atoms with Gasteiger partial charge in [0, 0.05) is 13.2 Å². The van der Waals surface area contributed by atoms with Crippen LogP contribution in [0.2, 0.25) is 0 Å². The Kier molecular flexibility index (Phi) is 3.06. The predicted molar refractivity (Wildman–Crippen MR) is 63.9 cm³/mol. The Bertz CT molecular complexity index is 359. The third-order valence-corrected chi connectivity index (χ3v) is 4.01. The van der Waals surface area contributed by atoms with E-state index in [-0.39, 0.29) is 0 Å². The maximum atomic E-state index is 10.8. The molecule has 1 saturated carbocycles. The van der Waals surface area contributed by atoms with Crippen LogP contribution in [0, 0.1) is 11.8 Å². The lowest BCUT2D eigenvalue weighted by molar-refractivity contribution is -0.0358. The fraction of sp³-hybridized carbons (Fsp3) is 0.769. The van der Waals surface area contributed by atoms with Gasteiger partial charge in [0.05, 0.1) is 5.69 Å². The molecule has 1 N–H and O–H groups in total. The smallest absolute Gasteiger partial charge is 0.106 e. The zero-order chi connectivity index (χ0) is 11.8. The highest BCUT2D eigenvalue weighted by molar-refractivity contribution is 5.13. The molecule has 3 nitrogen and oxygen atoms in total. The van der Waals surface area contributed by atoms with Crippen LogP contribution in [0.3, 0.4) is 0 Å². The van der Waals surface area contributed by atoms with Gasteiger partial charge in [-0.1, -0.05) is 13.8 Å². The lowest BCUT2D eigenvalue weighted by Gasteiger charge is -2.38. The van der Waals surface area contributed by atoms with Gasteiger partial charge in [0.1, 0.15) is 5.60 Å². The molecule has 1 aromatic rings. The van der Waals surface area contributed by atoms with Crippen LogP contribution in [0.15, 0.2) is 12.3 Å². The van der Waals surface area contributed by atoms with Crippen molar-refractivity contribution in [2.45, 2.75) is 45.1 Å². The second-order valence-corrected chi connectivity index (χ2v) is 5.47. The lowest BCUT2D eigenvalue weighted by atomic mass is 9.72. The maximum Gasteiger partial charge on any atom is 0.106 e. The van der Waals surface area contributed by atoms with Crippen LogP contribution in [0.5, 0.6) is 0 Å². The quantitative estimate of drug-likeness (QED) is 0.834. The van der Waals surface area contributed by atoms with Gasteiger partial charge in [0.15, 0.2) is 0 Å². The number of aromatic nitrogens is 2. The molecule has 2 unspecified atom stereocenters. The summed E-state index contributed by atoms with van der Waals surface area (Å²) < 4.78 is 1.81. The Morgan fingerprint density at radius 2 is 2.31 bits per heavy atom. The zero-order valence-electron chi connectivity index (χ0n) is 10.5. The van der Waals surface area contributed by atoms with Crippen molar-refractivity contribution in [1.29, 1.82) is 0 Å². The van der Waals surface area contributed by atoms with E-state index in [1.165, 1.54) is 6.42 Å². The van der Waals surface area contributed by atoms with Gasteiger partial charge in [0.25, 0.3) is 0 Å². The first kappa shape index (κ1) is 11.6. The monoisotopic (exact) mass is 222 g/mol. The normalized spacial score (nSPS) is 30.9. The highest BCUT2D eigenvalue weighted by atomic mass is 16.3. The Labute approximate surface area is 97.5 Å². The summed E-state index contributed by atoms with van der Waals surface area (Å²) in [6.07, 6.45) is 5.88. The van der Waals surface area contributed by atoms with E-state index in [1.807, 2.05) is 17.8 Å². The third kappa shape index (κ3) is 2.01. The van der Waals surface area contributed by atoms with Gasteiger partial charge >= 0.3 is 0 Å². The van der Waals surface area contributed by atoms with Gasteiger partial charge in [-0.05, 0) is 43.6 Å². The highest BCUT2D eigenvalue weighted by Gasteiger charge is 2.38. The molecule has 0 amide bonds. The Morgan fingerprint density at radius 1 is 1.56 bits per heavy atom. The average Bonchev–Trinajstić information content (AvgIpc) is 2.65. The van der Waals surface area contributed by atoms with Gasteiger partial charge in [-0.15, -0.1) is 0 Å².